The first kappa shape index (κ1) is 13.6. The SMILES string of the molecule is Cc1c(N)cc(C(=O)N2CCCc3ccccc32)cc1F. The molecule has 0 unspecified atom stereocenters. The van der Waals surface area contributed by atoms with E-state index in [1.807, 2.05) is 24.3 Å². The van der Waals surface area contributed by atoms with E-state index in [0.717, 1.165) is 24.1 Å². The number of hydrogen-bond acceptors (Lipinski definition) is 2. The van der Waals surface area contributed by atoms with Gasteiger partial charge in [0.2, 0.25) is 0 Å². The van der Waals surface area contributed by atoms with Crippen molar-refractivity contribution in [3.63, 3.8) is 0 Å². The van der Waals surface area contributed by atoms with Crippen LogP contribution in [0.5, 0.6) is 0 Å². The molecule has 2 aromatic rings. The Hall–Kier alpha value is -2.36. The van der Waals surface area contributed by atoms with Crippen LogP contribution >= 0.6 is 0 Å². The fourth-order valence-electron chi connectivity index (χ4n) is 2.72. The number of para-hydroxylation sites is 1. The maximum atomic E-state index is 13.8. The molecule has 3 rings (SSSR count). The van der Waals surface area contributed by atoms with Gasteiger partial charge in [0.05, 0.1) is 0 Å². The second kappa shape index (κ2) is 5.20. The largest absolute Gasteiger partial charge is 0.398 e. The molecule has 1 heterocycles. The van der Waals surface area contributed by atoms with Crippen molar-refractivity contribution in [2.75, 3.05) is 17.2 Å². The number of nitrogens with two attached hydrogens (primary N) is 1. The number of nitrogen functional groups attached to an aromatic ring is 1. The highest BCUT2D eigenvalue weighted by molar-refractivity contribution is 6.07. The number of fused-ring (bicyclic) bond motifs is 1. The second-order valence-corrected chi connectivity index (χ2v) is 5.36. The Kier molecular flexibility index (Phi) is 3.37. The summed E-state index contributed by atoms with van der Waals surface area (Å²) in [5.74, 6) is -0.642. The van der Waals surface area contributed by atoms with Crippen molar-refractivity contribution < 1.29 is 9.18 Å². The average molecular weight is 284 g/mol. The first-order valence-corrected chi connectivity index (χ1v) is 7.03. The van der Waals surface area contributed by atoms with Gasteiger partial charge >= 0.3 is 0 Å². The van der Waals surface area contributed by atoms with Crippen molar-refractivity contribution in [2.24, 2.45) is 0 Å². The quantitative estimate of drug-likeness (QED) is 0.817. The third-order valence-electron chi connectivity index (χ3n) is 3.99. The van der Waals surface area contributed by atoms with Gasteiger partial charge in [-0.25, -0.2) is 4.39 Å². The van der Waals surface area contributed by atoms with Crippen molar-refractivity contribution >= 4 is 17.3 Å². The highest BCUT2D eigenvalue weighted by Gasteiger charge is 2.24. The van der Waals surface area contributed by atoms with E-state index in [9.17, 15) is 9.18 Å². The van der Waals surface area contributed by atoms with Gasteiger partial charge in [0.15, 0.2) is 0 Å². The van der Waals surface area contributed by atoms with Crippen LogP contribution in [0.2, 0.25) is 0 Å². The minimum atomic E-state index is -0.441. The number of carbonyl (C=O) groups excluding carboxylic acids is 1. The molecule has 0 saturated heterocycles. The van der Waals surface area contributed by atoms with Gasteiger partial charge in [-0.05, 0) is 43.5 Å². The second-order valence-electron chi connectivity index (χ2n) is 5.36. The summed E-state index contributed by atoms with van der Waals surface area (Å²) < 4.78 is 13.8. The van der Waals surface area contributed by atoms with Crippen LogP contribution < -0.4 is 10.6 Å². The molecule has 1 amide bonds. The van der Waals surface area contributed by atoms with E-state index >= 15 is 0 Å². The summed E-state index contributed by atoms with van der Waals surface area (Å²) in [6.07, 6.45) is 1.87. The third kappa shape index (κ3) is 2.37. The molecule has 0 saturated carbocycles. The lowest BCUT2D eigenvalue weighted by molar-refractivity contribution is 0.0984. The van der Waals surface area contributed by atoms with Gasteiger partial charge in [0, 0.05) is 29.0 Å². The normalized spacial score (nSPS) is 13.9. The Morgan fingerprint density at radius 3 is 2.81 bits per heavy atom. The number of aryl methyl sites for hydroxylation is 1. The summed E-state index contributed by atoms with van der Waals surface area (Å²) in [7, 11) is 0. The van der Waals surface area contributed by atoms with Crippen molar-refractivity contribution in [2.45, 2.75) is 19.8 Å². The number of carbonyl (C=O) groups is 1. The van der Waals surface area contributed by atoms with Crippen molar-refractivity contribution in [1.29, 1.82) is 0 Å². The van der Waals surface area contributed by atoms with Crippen LogP contribution in [0.25, 0.3) is 0 Å². The zero-order valence-electron chi connectivity index (χ0n) is 11.9. The van der Waals surface area contributed by atoms with Crippen LogP contribution in [0.15, 0.2) is 36.4 Å². The fraction of sp³-hybridized carbons (Fsp3) is 0.235. The van der Waals surface area contributed by atoms with Gasteiger partial charge in [0.1, 0.15) is 5.82 Å². The summed E-state index contributed by atoms with van der Waals surface area (Å²) in [6.45, 7) is 2.25. The molecule has 0 atom stereocenters. The Balaban J connectivity index is 2.00. The molecule has 0 aromatic heterocycles. The number of hydrogen-bond donors (Lipinski definition) is 1. The molecule has 108 valence electrons. The summed E-state index contributed by atoms with van der Waals surface area (Å²) in [5.41, 5.74) is 8.82. The highest BCUT2D eigenvalue weighted by atomic mass is 19.1. The van der Waals surface area contributed by atoms with Gasteiger partial charge in [-0.3, -0.25) is 4.79 Å². The van der Waals surface area contributed by atoms with Gasteiger partial charge < -0.3 is 10.6 Å². The van der Waals surface area contributed by atoms with Crippen LogP contribution in [-0.4, -0.2) is 12.5 Å². The molecule has 1 aliphatic heterocycles. The molecule has 0 aliphatic carbocycles. The molecule has 0 fully saturated rings. The fourth-order valence-corrected chi connectivity index (χ4v) is 2.72. The van der Waals surface area contributed by atoms with Crippen molar-refractivity contribution in [1.82, 2.24) is 0 Å². The Bertz CT molecular complexity index is 689. The van der Waals surface area contributed by atoms with E-state index < -0.39 is 5.82 Å². The van der Waals surface area contributed by atoms with Gasteiger partial charge in [-0.15, -0.1) is 0 Å². The monoisotopic (exact) mass is 284 g/mol. The molecule has 1 aliphatic rings. The Labute approximate surface area is 123 Å². The van der Waals surface area contributed by atoms with Crippen LogP contribution in [0.4, 0.5) is 15.8 Å². The van der Waals surface area contributed by atoms with E-state index in [1.54, 1.807) is 17.9 Å². The van der Waals surface area contributed by atoms with Gasteiger partial charge in [-0.1, -0.05) is 18.2 Å². The lowest BCUT2D eigenvalue weighted by atomic mass is 10.0. The van der Waals surface area contributed by atoms with E-state index in [1.165, 1.54) is 6.07 Å². The molecule has 2 N–H and O–H groups in total. The maximum absolute atomic E-state index is 13.8. The standard InChI is InChI=1S/C17H17FN2O/c1-11-14(18)9-13(10-15(11)19)17(21)20-8-4-6-12-5-2-3-7-16(12)20/h2-3,5,7,9-10H,4,6,8,19H2,1H3. The van der Waals surface area contributed by atoms with Gasteiger partial charge in [-0.2, -0.15) is 0 Å². The lowest BCUT2D eigenvalue weighted by Gasteiger charge is -2.29. The van der Waals surface area contributed by atoms with Crippen molar-refractivity contribution in [3.8, 4) is 0 Å². The van der Waals surface area contributed by atoms with E-state index in [-0.39, 0.29) is 5.91 Å². The molecular formula is C17H17FN2O. The molecule has 3 nitrogen and oxygen atoms in total. The van der Waals surface area contributed by atoms with Crippen LogP contribution in [0.3, 0.4) is 0 Å². The molecule has 2 aromatic carbocycles. The molecule has 0 bridgehead atoms. The topological polar surface area (TPSA) is 46.3 Å². The van der Waals surface area contributed by atoms with E-state index in [0.29, 0.717) is 23.4 Å². The molecule has 0 radical (unpaired) electrons. The Morgan fingerprint density at radius 2 is 2.05 bits per heavy atom. The summed E-state index contributed by atoms with van der Waals surface area (Å²) in [4.78, 5) is 14.4. The van der Waals surface area contributed by atoms with Gasteiger partial charge in [0.25, 0.3) is 5.91 Å². The number of anilines is 2. The molecule has 21 heavy (non-hydrogen) atoms. The van der Waals surface area contributed by atoms with E-state index in [4.69, 9.17) is 5.73 Å². The zero-order chi connectivity index (χ0) is 15.0. The first-order chi connectivity index (χ1) is 10.1. The number of benzene rings is 2. The third-order valence-corrected chi connectivity index (χ3v) is 3.99. The lowest BCUT2D eigenvalue weighted by Crippen LogP contribution is -2.35. The van der Waals surface area contributed by atoms with Crippen molar-refractivity contribution in [3.05, 3.63) is 58.9 Å². The average Bonchev–Trinajstić information content (AvgIpc) is 2.51. The van der Waals surface area contributed by atoms with Crippen LogP contribution in [0.1, 0.15) is 27.9 Å². The van der Waals surface area contributed by atoms with E-state index in [2.05, 4.69) is 0 Å². The minimum Gasteiger partial charge on any atom is -0.398 e. The zero-order valence-corrected chi connectivity index (χ0v) is 11.9. The van der Waals surface area contributed by atoms with Crippen LogP contribution in [0, 0.1) is 12.7 Å². The number of halogens is 1. The maximum Gasteiger partial charge on any atom is 0.258 e. The Morgan fingerprint density at radius 1 is 1.29 bits per heavy atom. The predicted octanol–water partition coefficient (Wildman–Crippen LogP) is 3.31. The first-order valence-electron chi connectivity index (χ1n) is 7.03. The number of nitrogens with zero attached hydrogens (tertiary/aromatic N) is 1. The predicted molar refractivity (Wildman–Crippen MR) is 82.0 cm³/mol. The molecule has 0 spiro atoms. The molecule has 4 heteroatoms. The number of rotatable bonds is 1. The minimum absolute atomic E-state index is 0.201. The smallest absolute Gasteiger partial charge is 0.258 e. The summed E-state index contributed by atoms with van der Waals surface area (Å²) in [5, 5.41) is 0. The highest BCUT2D eigenvalue weighted by Crippen LogP contribution is 2.29. The van der Waals surface area contributed by atoms with Crippen LogP contribution in [-0.2, 0) is 6.42 Å². The molecular weight excluding hydrogens is 267 g/mol. The number of amides is 1. The summed E-state index contributed by atoms with van der Waals surface area (Å²) >= 11 is 0. The summed E-state index contributed by atoms with van der Waals surface area (Å²) in [6, 6.07) is 10.7.